The summed E-state index contributed by atoms with van der Waals surface area (Å²) in [6.45, 7) is 5.22. The molecule has 1 aromatic heterocycles. The van der Waals surface area contributed by atoms with Crippen LogP contribution in [0.25, 0.3) is 0 Å². The molecule has 1 aliphatic carbocycles. The van der Waals surface area contributed by atoms with Gasteiger partial charge in [0.25, 0.3) is 0 Å². The molecule has 7 heteroatoms. The Hall–Kier alpha value is -1.34. The first kappa shape index (κ1) is 17.1. The summed E-state index contributed by atoms with van der Waals surface area (Å²) in [5, 5.41) is 0. The van der Waals surface area contributed by atoms with Gasteiger partial charge >= 0.3 is 6.03 Å². The van der Waals surface area contributed by atoms with Crippen LogP contribution in [0.2, 0.25) is 0 Å². The molecule has 4 rings (SSSR count). The summed E-state index contributed by atoms with van der Waals surface area (Å²) in [4.78, 5) is 23.4. The lowest BCUT2D eigenvalue weighted by Gasteiger charge is -2.41. The standard InChI is InChI=1S/C18H25BrN4O2/c19-17-6-5-15(11-20-17)25-16-12-23(13-16)18(24)22-8-2-7-21(9-10-22)14-3-1-4-14/h5-6,11,14,16H,1-4,7-10,12-13H2. The third-order valence-electron chi connectivity index (χ3n) is 5.51. The van der Waals surface area contributed by atoms with Crippen LogP contribution in [0.1, 0.15) is 25.7 Å². The maximum Gasteiger partial charge on any atom is 0.320 e. The molecule has 2 amide bonds. The van der Waals surface area contributed by atoms with Crippen LogP contribution in [0.4, 0.5) is 4.79 Å². The van der Waals surface area contributed by atoms with Gasteiger partial charge < -0.3 is 14.5 Å². The van der Waals surface area contributed by atoms with E-state index in [1.54, 1.807) is 6.20 Å². The molecule has 0 bridgehead atoms. The summed E-state index contributed by atoms with van der Waals surface area (Å²) < 4.78 is 6.66. The van der Waals surface area contributed by atoms with E-state index in [1.165, 1.54) is 19.3 Å². The van der Waals surface area contributed by atoms with Crippen LogP contribution in [0.15, 0.2) is 22.9 Å². The normalized spacial score (nSPS) is 22.9. The number of nitrogens with zero attached hydrogens (tertiary/aromatic N) is 4. The molecule has 6 nitrogen and oxygen atoms in total. The van der Waals surface area contributed by atoms with Crippen molar-refractivity contribution < 1.29 is 9.53 Å². The molecular formula is C18H25BrN4O2. The summed E-state index contributed by atoms with van der Waals surface area (Å²) in [7, 11) is 0. The number of amides is 2. The van der Waals surface area contributed by atoms with Gasteiger partial charge in [-0.3, -0.25) is 4.90 Å². The van der Waals surface area contributed by atoms with Crippen molar-refractivity contribution in [1.29, 1.82) is 0 Å². The van der Waals surface area contributed by atoms with Crippen LogP contribution in [-0.2, 0) is 0 Å². The molecule has 0 spiro atoms. The summed E-state index contributed by atoms with van der Waals surface area (Å²) in [6.07, 6.45) is 6.91. The number of likely N-dealkylation sites (tertiary alicyclic amines) is 1. The number of rotatable bonds is 3. The highest BCUT2D eigenvalue weighted by Gasteiger charge is 2.36. The van der Waals surface area contributed by atoms with Crippen molar-refractivity contribution in [2.45, 2.75) is 37.8 Å². The van der Waals surface area contributed by atoms with Crippen molar-refractivity contribution in [3.05, 3.63) is 22.9 Å². The van der Waals surface area contributed by atoms with Gasteiger partial charge in [-0.05, 0) is 47.3 Å². The molecule has 0 aromatic carbocycles. The lowest BCUT2D eigenvalue weighted by atomic mass is 9.91. The van der Waals surface area contributed by atoms with Crippen LogP contribution >= 0.6 is 15.9 Å². The third kappa shape index (κ3) is 3.92. The largest absolute Gasteiger partial charge is 0.485 e. The number of carbonyl (C=O) groups excluding carboxylic acids is 1. The molecule has 2 saturated heterocycles. The highest BCUT2D eigenvalue weighted by atomic mass is 79.9. The van der Waals surface area contributed by atoms with Crippen molar-refractivity contribution in [3.63, 3.8) is 0 Å². The van der Waals surface area contributed by atoms with E-state index < -0.39 is 0 Å². The molecule has 25 heavy (non-hydrogen) atoms. The minimum absolute atomic E-state index is 0.0744. The quantitative estimate of drug-likeness (QED) is 0.721. The van der Waals surface area contributed by atoms with Gasteiger partial charge in [-0.1, -0.05) is 6.42 Å². The number of urea groups is 1. The molecule has 0 N–H and O–H groups in total. The van der Waals surface area contributed by atoms with E-state index in [9.17, 15) is 4.79 Å². The van der Waals surface area contributed by atoms with Crippen LogP contribution in [0.3, 0.4) is 0 Å². The van der Waals surface area contributed by atoms with Crippen molar-refractivity contribution in [2.75, 3.05) is 39.3 Å². The fourth-order valence-corrected chi connectivity index (χ4v) is 3.97. The molecule has 3 aliphatic rings. The average molecular weight is 409 g/mol. The molecule has 136 valence electrons. The Morgan fingerprint density at radius 2 is 1.92 bits per heavy atom. The summed E-state index contributed by atoms with van der Waals surface area (Å²) in [5.74, 6) is 0.756. The van der Waals surface area contributed by atoms with Crippen LogP contribution < -0.4 is 4.74 Å². The third-order valence-corrected chi connectivity index (χ3v) is 5.98. The lowest BCUT2D eigenvalue weighted by Crippen LogP contribution is -2.60. The smallest absolute Gasteiger partial charge is 0.320 e. The van der Waals surface area contributed by atoms with Crippen molar-refractivity contribution in [1.82, 2.24) is 19.7 Å². The molecule has 0 atom stereocenters. The number of hydrogen-bond acceptors (Lipinski definition) is 4. The monoisotopic (exact) mass is 408 g/mol. The lowest BCUT2D eigenvalue weighted by molar-refractivity contribution is 0.0306. The topological polar surface area (TPSA) is 48.9 Å². The van der Waals surface area contributed by atoms with Gasteiger partial charge in [0, 0.05) is 32.2 Å². The van der Waals surface area contributed by atoms with Crippen molar-refractivity contribution >= 4 is 22.0 Å². The second-order valence-electron chi connectivity index (χ2n) is 7.21. The van der Waals surface area contributed by atoms with E-state index >= 15 is 0 Å². The molecule has 1 saturated carbocycles. The number of halogens is 1. The molecule has 3 fully saturated rings. The first-order chi connectivity index (χ1) is 12.2. The molecule has 1 aromatic rings. The molecule has 2 aliphatic heterocycles. The van der Waals surface area contributed by atoms with E-state index in [0.717, 1.165) is 49.0 Å². The first-order valence-electron chi connectivity index (χ1n) is 9.25. The number of ether oxygens (including phenoxy) is 1. The van der Waals surface area contributed by atoms with Gasteiger partial charge in [0.05, 0.1) is 19.3 Å². The van der Waals surface area contributed by atoms with Crippen molar-refractivity contribution in [3.8, 4) is 5.75 Å². The number of hydrogen-bond donors (Lipinski definition) is 0. The van der Waals surface area contributed by atoms with Gasteiger partial charge in [0.2, 0.25) is 0 Å². The minimum atomic E-state index is 0.0744. The number of aromatic nitrogens is 1. The Labute approximate surface area is 157 Å². The Morgan fingerprint density at radius 1 is 1.08 bits per heavy atom. The van der Waals surface area contributed by atoms with Gasteiger partial charge in [0.15, 0.2) is 0 Å². The summed E-state index contributed by atoms with van der Waals surface area (Å²) >= 11 is 3.31. The average Bonchev–Trinajstić information content (AvgIpc) is 2.76. The highest BCUT2D eigenvalue weighted by Crippen LogP contribution is 2.26. The minimum Gasteiger partial charge on any atom is -0.485 e. The second kappa shape index (κ2) is 7.50. The van der Waals surface area contributed by atoms with Gasteiger partial charge in [-0.15, -0.1) is 0 Å². The van der Waals surface area contributed by atoms with E-state index in [1.807, 2.05) is 21.9 Å². The van der Waals surface area contributed by atoms with Gasteiger partial charge in [-0.25, -0.2) is 9.78 Å². The first-order valence-corrected chi connectivity index (χ1v) is 10.0. The highest BCUT2D eigenvalue weighted by molar-refractivity contribution is 9.10. The SMILES string of the molecule is O=C(N1CCCN(C2CCC2)CC1)N1CC(Oc2ccc(Br)nc2)C1. The summed E-state index contributed by atoms with van der Waals surface area (Å²) in [6, 6.07) is 4.70. The van der Waals surface area contributed by atoms with Crippen LogP contribution in [0.5, 0.6) is 5.75 Å². The molecule has 0 unspecified atom stereocenters. The maximum absolute atomic E-state index is 12.7. The molecule has 0 radical (unpaired) electrons. The van der Waals surface area contributed by atoms with Gasteiger partial charge in [-0.2, -0.15) is 0 Å². The summed E-state index contributed by atoms with van der Waals surface area (Å²) in [5.41, 5.74) is 0. The zero-order valence-electron chi connectivity index (χ0n) is 14.4. The van der Waals surface area contributed by atoms with E-state index in [-0.39, 0.29) is 12.1 Å². The Bertz CT molecular complexity index is 602. The second-order valence-corrected chi connectivity index (χ2v) is 8.02. The molecule has 3 heterocycles. The zero-order chi connectivity index (χ0) is 17.2. The van der Waals surface area contributed by atoms with E-state index in [2.05, 4.69) is 25.8 Å². The Balaban J connectivity index is 1.23. The Kier molecular flexibility index (Phi) is 5.12. The molecular weight excluding hydrogens is 384 g/mol. The van der Waals surface area contributed by atoms with Crippen LogP contribution in [-0.4, -0.2) is 77.1 Å². The number of carbonyl (C=O) groups is 1. The van der Waals surface area contributed by atoms with Gasteiger partial charge in [0.1, 0.15) is 16.5 Å². The predicted octanol–water partition coefficient (Wildman–Crippen LogP) is 2.59. The van der Waals surface area contributed by atoms with Crippen molar-refractivity contribution in [2.24, 2.45) is 0 Å². The zero-order valence-corrected chi connectivity index (χ0v) is 16.0. The maximum atomic E-state index is 12.7. The fraction of sp³-hybridized carbons (Fsp3) is 0.667. The Morgan fingerprint density at radius 3 is 2.60 bits per heavy atom. The van der Waals surface area contributed by atoms with E-state index in [0.29, 0.717) is 13.1 Å². The fourth-order valence-electron chi connectivity index (χ4n) is 3.74. The van der Waals surface area contributed by atoms with E-state index in [4.69, 9.17) is 4.74 Å². The van der Waals surface area contributed by atoms with Crippen LogP contribution in [0, 0.1) is 0 Å². The number of pyridine rings is 1. The predicted molar refractivity (Wildman–Crippen MR) is 98.7 cm³/mol.